The van der Waals surface area contributed by atoms with E-state index in [1.165, 1.54) is 10.6 Å². The molecule has 1 atom stereocenters. The summed E-state index contributed by atoms with van der Waals surface area (Å²) >= 11 is 13.1. The average molecular weight is 673 g/mol. The van der Waals surface area contributed by atoms with Crippen LogP contribution in [-0.4, -0.2) is 50.0 Å². The van der Waals surface area contributed by atoms with E-state index in [9.17, 15) is 18.0 Å². The van der Waals surface area contributed by atoms with E-state index in [2.05, 4.69) is 5.32 Å². The van der Waals surface area contributed by atoms with Gasteiger partial charge in [0.2, 0.25) is 21.8 Å². The van der Waals surface area contributed by atoms with Crippen LogP contribution in [0.25, 0.3) is 0 Å². The minimum absolute atomic E-state index is 0.0287. The summed E-state index contributed by atoms with van der Waals surface area (Å²) in [6, 6.07) is 19.7. The normalized spacial score (nSPS) is 14.5. The number of hydrogen-bond acceptors (Lipinski definition) is 4. The van der Waals surface area contributed by atoms with Crippen LogP contribution < -0.4 is 9.62 Å². The topological polar surface area (TPSA) is 86.8 Å². The third kappa shape index (κ3) is 9.71. The van der Waals surface area contributed by atoms with E-state index in [-0.39, 0.29) is 43.8 Å². The highest BCUT2D eigenvalue weighted by molar-refractivity contribution is 7.92. The van der Waals surface area contributed by atoms with Gasteiger partial charge < -0.3 is 10.2 Å². The summed E-state index contributed by atoms with van der Waals surface area (Å²) in [4.78, 5) is 29.8. The van der Waals surface area contributed by atoms with Crippen LogP contribution in [0.5, 0.6) is 0 Å². The van der Waals surface area contributed by atoms with E-state index in [1.54, 1.807) is 23.1 Å². The van der Waals surface area contributed by atoms with E-state index in [1.807, 2.05) is 62.4 Å². The van der Waals surface area contributed by atoms with E-state index < -0.39 is 16.1 Å². The highest BCUT2D eigenvalue weighted by Gasteiger charge is 2.33. The molecule has 1 saturated carbocycles. The van der Waals surface area contributed by atoms with Crippen LogP contribution in [0, 0.1) is 13.8 Å². The number of anilines is 1. The van der Waals surface area contributed by atoms with Crippen molar-refractivity contribution in [2.45, 2.75) is 83.8 Å². The minimum Gasteiger partial charge on any atom is -0.352 e. The number of nitrogens with one attached hydrogen (secondary N) is 1. The SMILES string of the molecule is Cc1ccc(C)c(N(CCCC(=O)N(Cc2c(Cl)cccc2Cl)[C@H](Cc2ccccc2)C(=O)NC2CCCCC2)S(C)(=O)=O)c1. The number of carbonyl (C=O) groups excluding carboxylic acids is 2. The predicted molar refractivity (Wildman–Crippen MR) is 183 cm³/mol. The smallest absolute Gasteiger partial charge is 0.243 e. The molecule has 1 aliphatic rings. The Balaban J connectivity index is 1.64. The maximum Gasteiger partial charge on any atom is 0.243 e. The van der Waals surface area contributed by atoms with Gasteiger partial charge >= 0.3 is 0 Å². The molecule has 7 nitrogen and oxygen atoms in total. The first-order chi connectivity index (χ1) is 21.4. The highest BCUT2D eigenvalue weighted by Crippen LogP contribution is 2.29. The summed E-state index contributed by atoms with van der Waals surface area (Å²) in [6.45, 7) is 3.94. The van der Waals surface area contributed by atoms with Gasteiger partial charge in [-0.1, -0.05) is 91.0 Å². The van der Waals surface area contributed by atoms with Crippen molar-refractivity contribution in [1.29, 1.82) is 0 Å². The highest BCUT2D eigenvalue weighted by atomic mass is 35.5. The molecular weight excluding hydrogens is 629 g/mol. The van der Waals surface area contributed by atoms with Crippen LogP contribution >= 0.6 is 23.2 Å². The third-order valence-corrected chi connectivity index (χ3v) is 10.3. The van der Waals surface area contributed by atoms with Gasteiger partial charge in [-0.25, -0.2) is 8.42 Å². The number of benzene rings is 3. The fraction of sp³-hybridized carbons (Fsp3) is 0.429. The molecule has 0 heterocycles. The van der Waals surface area contributed by atoms with E-state index in [0.29, 0.717) is 27.7 Å². The van der Waals surface area contributed by atoms with Crippen LogP contribution in [0.2, 0.25) is 10.0 Å². The average Bonchev–Trinajstić information content (AvgIpc) is 3.00. The second-order valence-corrected chi connectivity index (χ2v) is 14.7. The second kappa shape index (κ2) is 16.0. The molecule has 45 heavy (non-hydrogen) atoms. The molecule has 0 unspecified atom stereocenters. The van der Waals surface area contributed by atoms with Crippen molar-refractivity contribution in [3.8, 4) is 0 Å². The van der Waals surface area contributed by atoms with Crippen molar-refractivity contribution in [2.24, 2.45) is 0 Å². The summed E-state index contributed by atoms with van der Waals surface area (Å²) in [5, 5.41) is 4.04. The standard InChI is InChI=1S/C35H43Cl2N3O4S/c1-25-19-20-26(2)32(22-25)40(45(3,43)44)21-11-18-34(41)39(24-29-30(36)16-10-17-31(29)37)33(23-27-12-6-4-7-13-27)35(42)38-28-14-8-5-9-15-28/h4,6-7,10,12-13,16-17,19-20,22,28,33H,5,8-9,11,14-15,18,21,23-24H2,1-3H3,(H,38,42)/t33-/m1/s1. The number of carbonyl (C=O) groups is 2. The van der Waals surface area contributed by atoms with Gasteiger partial charge in [0.25, 0.3) is 0 Å². The summed E-state index contributed by atoms with van der Waals surface area (Å²) in [6.07, 6.45) is 6.87. The molecule has 1 fully saturated rings. The van der Waals surface area contributed by atoms with Crippen molar-refractivity contribution in [3.63, 3.8) is 0 Å². The van der Waals surface area contributed by atoms with Crippen molar-refractivity contribution in [2.75, 3.05) is 17.1 Å². The second-order valence-electron chi connectivity index (χ2n) is 12.0. The van der Waals surface area contributed by atoms with Crippen LogP contribution in [0.15, 0.2) is 66.7 Å². The molecule has 10 heteroatoms. The summed E-state index contributed by atoms with van der Waals surface area (Å²) in [5.41, 5.74) is 3.84. The lowest BCUT2D eigenvalue weighted by Crippen LogP contribution is -2.53. The van der Waals surface area contributed by atoms with Crippen molar-refractivity contribution in [1.82, 2.24) is 10.2 Å². The Morgan fingerprint density at radius 2 is 1.60 bits per heavy atom. The van der Waals surface area contributed by atoms with Crippen LogP contribution in [-0.2, 0) is 32.6 Å². The minimum atomic E-state index is -3.61. The first kappa shape index (κ1) is 34.8. The lowest BCUT2D eigenvalue weighted by molar-refractivity contribution is -0.141. The van der Waals surface area contributed by atoms with E-state index >= 15 is 0 Å². The summed E-state index contributed by atoms with van der Waals surface area (Å²) in [5.74, 6) is -0.490. The van der Waals surface area contributed by atoms with Crippen LogP contribution in [0.4, 0.5) is 5.69 Å². The van der Waals surface area contributed by atoms with Crippen LogP contribution in [0.1, 0.15) is 67.2 Å². The molecule has 2 amide bonds. The number of amides is 2. The van der Waals surface area contributed by atoms with Gasteiger partial charge in [-0.2, -0.15) is 0 Å². The lowest BCUT2D eigenvalue weighted by atomic mass is 9.94. The molecule has 3 aromatic rings. The molecule has 0 radical (unpaired) electrons. The zero-order valence-corrected chi connectivity index (χ0v) is 28.6. The molecule has 0 saturated heterocycles. The van der Waals surface area contributed by atoms with Gasteiger partial charge in [0.15, 0.2) is 0 Å². The number of halogens is 2. The zero-order chi connectivity index (χ0) is 32.6. The molecule has 1 N–H and O–H groups in total. The van der Waals surface area contributed by atoms with Gasteiger partial charge in [-0.05, 0) is 68.0 Å². The molecule has 0 bridgehead atoms. The molecule has 0 spiro atoms. The Morgan fingerprint density at radius 1 is 0.933 bits per heavy atom. The first-order valence-corrected chi connectivity index (χ1v) is 18.2. The molecule has 242 valence electrons. The quantitative estimate of drug-likeness (QED) is 0.207. The maximum absolute atomic E-state index is 14.2. The molecule has 4 rings (SSSR count). The zero-order valence-electron chi connectivity index (χ0n) is 26.3. The Bertz CT molecular complexity index is 1560. The number of aryl methyl sites for hydroxylation is 2. The van der Waals surface area contributed by atoms with Crippen LogP contribution in [0.3, 0.4) is 0 Å². The third-order valence-electron chi connectivity index (χ3n) is 8.40. The molecule has 3 aromatic carbocycles. The lowest BCUT2D eigenvalue weighted by Gasteiger charge is -2.34. The Hall–Kier alpha value is -3.07. The number of sulfonamides is 1. The number of hydrogen-bond donors (Lipinski definition) is 1. The number of nitrogens with zero attached hydrogens (tertiary/aromatic N) is 2. The molecule has 0 aromatic heterocycles. The monoisotopic (exact) mass is 671 g/mol. The fourth-order valence-corrected chi connectivity index (χ4v) is 7.45. The fourth-order valence-electron chi connectivity index (χ4n) is 5.92. The largest absolute Gasteiger partial charge is 0.352 e. The maximum atomic E-state index is 14.2. The van der Waals surface area contributed by atoms with Crippen molar-refractivity contribution >= 4 is 50.7 Å². The molecule has 0 aliphatic heterocycles. The van der Waals surface area contributed by atoms with E-state index in [4.69, 9.17) is 23.2 Å². The molecular formula is C35H43Cl2N3O4S. The van der Waals surface area contributed by atoms with Crippen molar-refractivity contribution in [3.05, 3.63) is 99.0 Å². The predicted octanol–water partition coefficient (Wildman–Crippen LogP) is 7.25. The Kier molecular flexibility index (Phi) is 12.3. The molecule has 1 aliphatic carbocycles. The van der Waals surface area contributed by atoms with Gasteiger partial charge in [-0.3, -0.25) is 13.9 Å². The van der Waals surface area contributed by atoms with Gasteiger partial charge in [0.1, 0.15) is 6.04 Å². The summed E-state index contributed by atoms with van der Waals surface area (Å²) in [7, 11) is -3.61. The van der Waals surface area contributed by atoms with E-state index in [0.717, 1.165) is 48.8 Å². The Morgan fingerprint density at radius 3 is 2.24 bits per heavy atom. The summed E-state index contributed by atoms with van der Waals surface area (Å²) < 4.78 is 27.1. The first-order valence-electron chi connectivity index (χ1n) is 15.6. The van der Waals surface area contributed by atoms with Gasteiger partial charge in [-0.15, -0.1) is 0 Å². The van der Waals surface area contributed by atoms with Gasteiger partial charge in [0, 0.05) is 47.6 Å². The van der Waals surface area contributed by atoms with Crippen molar-refractivity contribution < 1.29 is 18.0 Å². The van der Waals surface area contributed by atoms with Gasteiger partial charge in [0.05, 0.1) is 11.9 Å². The Labute approximate surface area is 278 Å². The number of rotatable bonds is 13.